The number of nitrogens with one attached hydrogen (secondary N) is 1. The van der Waals surface area contributed by atoms with Crippen molar-refractivity contribution < 1.29 is 0 Å². The lowest BCUT2D eigenvalue weighted by molar-refractivity contribution is 1.07. The number of anilines is 1. The number of hydrogen-bond acceptors (Lipinski definition) is 6. The van der Waals surface area contributed by atoms with Crippen LogP contribution in [-0.2, 0) is 6.42 Å². The molecular formula is C8H10N4S2. The maximum atomic E-state index is 4.24. The molecule has 0 amide bonds. The van der Waals surface area contributed by atoms with Crippen LogP contribution in [-0.4, -0.2) is 20.3 Å². The van der Waals surface area contributed by atoms with Crippen LogP contribution < -0.4 is 5.32 Å². The highest BCUT2D eigenvalue weighted by atomic mass is 32.1. The molecule has 0 spiro atoms. The van der Waals surface area contributed by atoms with E-state index in [2.05, 4.69) is 19.0 Å². The molecule has 0 aliphatic carbocycles. The van der Waals surface area contributed by atoms with Gasteiger partial charge in [0.2, 0.25) is 0 Å². The van der Waals surface area contributed by atoms with Gasteiger partial charge in [0, 0.05) is 24.5 Å². The number of hydrogen-bond donors (Lipinski definition) is 1. The first-order valence-electron chi connectivity index (χ1n) is 4.34. The van der Waals surface area contributed by atoms with Gasteiger partial charge in [-0.25, -0.2) is 4.98 Å². The third kappa shape index (κ3) is 2.08. The second-order valence-corrected chi connectivity index (χ2v) is 4.20. The van der Waals surface area contributed by atoms with E-state index in [1.165, 1.54) is 11.7 Å². The molecule has 2 rings (SSSR count). The summed E-state index contributed by atoms with van der Waals surface area (Å²) in [5.74, 6) is 0.896. The Balaban J connectivity index is 2.12. The van der Waals surface area contributed by atoms with Gasteiger partial charge in [0.1, 0.15) is 5.69 Å². The second kappa shape index (κ2) is 4.47. The van der Waals surface area contributed by atoms with Crippen LogP contribution in [0.25, 0.3) is 0 Å². The monoisotopic (exact) mass is 226 g/mol. The van der Waals surface area contributed by atoms with E-state index in [0.29, 0.717) is 0 Å². The summed E-state index contributed by atoms with van der Waals surface area (Å²) < 4.78 is 8.43. The summed E-state index contributed by atoms with van der Waals surface area (Å²) in [6.07, 6.45) is 2.59. The molecule has 0 unspecified atom stereocenters. The molecule has 0 aliphatic heterocycles. The van der Waals surface area contributed by atoms with Gasteiger partial charge in [-0.15, -0.1) is 11.3 Å². The summed E-state index contributed by atoms with van der Waals surface area (Å²) in [7, 11) is 0. The summed E-state index contributed by atoms with van der Waals surface area (Å²) in [5, 5.41) is 6.24. The summed E-state index contributed by atoms with van der Waals surface area (Å²) in [5.41, 5.74) is 0.992. The van der Waals surface area contributed by atoms with E-state index in [1.54, 1.807) is 11.3 Å². The predicted octanol–water partition coefficient (Wildman–Crippen LogP) is 2.02. The Morgan fingerprint density at radius 2 is 2.36 bits per heavy atom. The minimum Gasteiger partial charge on any atom is -0.368 e. The minimum atomic E-state index is 0.774. The van der Waals surface area contributed by atoms with E-state index in [1.807, 2.05) is 18.5 Å². The highest BCUT2D eigenvalue weighted by Gasteiger charge is 2.08. The van der Waals surface area contributed by atoms with Crippen LogP contribution in [0.1, 0.15) is 17.6 Å². The molecule has 0 aromatic carbocycles. The lowest BCUT2D eigenvalue weighted by Crippen LogP contribution is -2.00. The summed E-state index contributed by atoms with van der Waals surface area (Å²) in [4.78, 5) is 4.22. The van der Waals surface area contributed by atoms with Gasteiger partial charge in [-0.1, -0.05) is 0 Å². The van der Waals surface area contributed by atoms with E-state index < -0.39 is 0 Å². The maximum absolute atomic E-state index is 4.24. The average molecular weight is 226 g/mol. The zero-order valence-corrected chi connectivity index (χ0v) is 9.36. The quantitative estimate of drug-likeness (QED) is 0.866. The van der Waals surface area contributed by atoms with Gasteiger partial charge < -0.3 is 5.32 Å². The molecule has 0 radical (unpaired) electrons. The van der Waals surface area contributed by atoms with Gasteiger partial charge in [0.25, 0.3) is 0 Å². The number of thiazole rings is 1. The molecule has 1 N–H and O–H groups in total. The van der Waals surface area contributed by atoms with Gasteiger partial charge in [0.15, 0.2) is 5.82 Å². The lowest BCUT2D eigenvalue weighted by atomic mass is 10.3. The Kier molecular flexibility index (Phi) is 3.05. The van der Waals surface area contributed by atoms with Crippen molar-refractivity contribution in [2.45, 2.75) is 13.3 Å². The molecule has 0 saturated heterocycles. The molecule has 2 heterocycles. The van der Waals surface area contributed by atoms with Crippen molar-refractivity contribution in [3.63, 3.8) is 0 Å². The fourth-order valence-corrected chi connectivity index (χ4v) is 2.27. The largest absolute Gasteiger partial charge is 0.368 e. The van der Waals surface area contributed by atoms with Gasteiger partial charge in [-0.2, -0.15) is 8.75 Å². The molecule has 0 bridgehead atoms. The Bertz CT molecular complexity index is 382. The molecule has 6 heteroatoms. The summed E-state index contributed by atoms with van der Waals surface area (Å²) >= 11 is 2.89. The predicted molar refractivity (Wildman–Crippen MR) is 59.0 cm³/mol. The maximum Gasteiger partial charge on any atom is 0.163 e. The van der Waals surface area contributed by atoms with E-state index in [-0.39, 0.29) is 0 Å². The fourth-order valence-electron chi connectivity index (χ4n) is 1.11. The van der Waals surface area contributed by atoms with Crippen LogP contribution in [0.3, 0.4) is 0 Å². The normalized spacial score (nSPS) is 10.4. The zero-order chi connectivity index (χ0) is 9.80. The first-order valence-corrected chi connectivity index (χ1v) is 5.95. The molecular weight excluding hydrogens is 216 g/mol. The Hall–Kier alpha value is -1.01. The van der Waals surface area contributed by atoms with E-state index in [4.69, 9.17) is 0 Å². The number of nitrogens with zero attached hydrogens (tertiary/aromatic N) is 3. The smallest absolute Gasteiger partial charge is 0.163 e. The summed E-state index contributed by atoms with van der Waals surface area (Å²) in [6.45, 7) is 2.92. The van der Waals surface area contributed by atoms with Crippen molar-refractivity contribution in [2.24, 2.45) is 0 Å². The molecule has 2 aromatic heterocycles. The van der Waals surface area contributed by atoms with Gasteiger partial charge in [-0.05, 0) is 6.92 Å². The minimum absolute atomic E-state index is 0.774. The van der Waals surface area contributed by atoms with Crippen molar-refractivity contribution in [3.8, 4) is 0 Å². The Morgan fingerprint density at radius 3 is 3.07 bits per heavy atom. The molecule has 0 aliphatic rings. The molecule has 0 atom stereocenters. The number of aromatic nitrogens is 3. The topological polar surface area (TPSA) is 50.7 Å². The van der Waals surface area contributed by atoms with Crippen molar-refractivity contribution >= 4 is 28.9 Å². The van der Waals surface area contributed by atoms with Crippen LogP contribution in [0.5, 0.6) is 0 Å². The first kappa shape index (κ1) is 9.54. The lowest BCUT2D eigenvalue weighted by Gasteiger charge is -1.99. The molecule has 0 saturated carbocycles. The van der Waals surface area contributed by atoms with Gasteiger partial charge >= 0.3 is 0 Å². The van der Waals surface area contributed by atoms with Crippen molar-refractivity contribution in [1.82, 2.24) is 13.7 Å². The average Bonchev–Trinajstić information content (AvgIpc) is 2.80. The van der Waals surface area contributed by atoms with E-state index in [9.17, 15) is 0 Å². The molecule has 0 fully saturated rings. The molecule has 2 aromatic rings. The molecule has 74 valence electrons. The van der Waals surface area contributed by atoms with E-state index in [0.717, 1.165) is 29.5 Å². The van der Waals surface area contributed by atoms with Crippen LogP contribution >= 0.6 is 23.1 Å². The van der Waals surface area contributed by atoms with Crippen LogP contribution in [0.2, 0.25) is 0 Å². The van der Waals surface area contributed by atoms with Crippen LogP contribution in [0.4, 0.5) is 5.82 Å². The first-order chi connectivity index (χ1) is 6.90. The third-order valence-corrected chi connectivity index (χ3v) is 3.05. The standard InChI is InChI=1S/C8H10N4S2/c1-2-9-8-6(11-14-12-8)5-7-10-3-4-13-7/h3-4H,2,5H2,1H3,(H,9,12). The van der Waals surface area contributed by atoms with Crippen LogP contribution in [0, 0.1) is 0 Å². The molecule has 14 heavy (non-hydrogen) atoms. The highest BCUT2D eigenvalue weighted by molar-refractivity contribution is 7.09. The zero-order valence-electron chi connectivity index (χ0n) is 7.73. The van der Waals surface area contributed by atoms with E-state index >= 15 is 0 Å². The number of rotatable bonds is 4. The Labute approximate surface area is 90.4 Å². The van der Waals surface area contributed by atoms with Gasteiger partial charge in [0.05, 0.1) is 16.7 Å². The molecule has 4 nitrogen and oxygen atoms in total. The third-order valence-electron chi connectivity index (χ3n) is 1.70. The summed E-state index contributed by atoms with van der Waals surface area (Å²) in [6, 6.07) is 0. The van der Waals surface area contributed by atoms with Crippen molar-refractivity contribution in [3.05, 3.63) is 22.3 Å². The second-order valence-electron chi connectivity index (χ2n) is 2.69. The van der Waals surface area contributed by atoms with Crippen molar-refractivity contribution in [1.29, 1.82) is 0 Å². The van der Waals surface area contributed by atoms with Crippen molar-refractivity contribution in [2.75, 3.05) is 11.9 Å². The fraction of sp³-hybridized carbons (Fsp3) is 0.375. The Morgan fingerprint density at radius 1 is 1.43 bits per heavy atom. The highest BCUT2D eigenvalue weighted by Crippen LogP contribution is 2.17. The SMILES string of the molecule is CCNc1nsnc1Cc1nccs1. The van der Waals surface area contributed by atoms with Gasteiger partial charge in [-0.3, -0.25) is 0 Å². The van der Waals surface area contributed by atoms with Crippen LogP contribution in [0.15, 0.2) is 11.6 Å².